The molecule has 0 aliphatic carbocycles. The van der Waals surface area contributed by atoms with Gasteiger partial charge in [0.25, 0.3) is 5.91 Å². The number of furan rings is 1. The number of guanidine groups is 1. The predicted octanol–water partition coefficient (Wildman–Crippen LogP) is 3.46. The summed E-state index contributed by atoms with van der Waals surface area (Å²) in [5, 5.41) is 9.79. The number of aliphatic imine (C=N–C) groups is 1. The molecule has 7 heteroatoms. The van der Waals surface area contributed by atoms with Gasteiger partial charge in [-0.1, -0.05) is 19.1 Å². The van der Waals surface area contributed by atoms with Gasteiger partial charge in [-0.2, -0.15) is 0 Å². The van der Waals surface area contributed by atoms with Gasteiger partial charge in [0.15, 0.2) is 11.7 Å². The van der Waals surface area contributed by atoms with Crippen molar-refractivity contribution in [1.82, 2.24) is 15.5 Å². The molecular weight excluding hydrogens is 378 g/mol. The summed E-state index contributed by atoms with van der Waals surface area (Å²) in [6, 6.07) is 11.5. The molecule has 0 spiro atoms. The van der Waals surface area contributed by atoms with Crippen molar-refractivity contribution < 1.29 is 9.21 Å². The van der Waals surface area contributed by atoms with Gasteiger partial charge in [0, 0.05) is 31.4 Å². The van der Waals surface area contributed by atoms with Crippen molar-refractivity contribution in [2.45, 2.75) is 45.7 Å². The van der Waals surface area contributed by atoms with Crippen molar-refractivity contribution in [1.29, 1.82) is 0 Å². The maximum absolute atomic E-state index is 12.2. The molecule has 1 aromatic heterocycles. The Morgan fingerprint density at radius 1 is 1.20 bits per heavy atom. The van der Waals surface area contributed by atoms with Crippen LogP contribution in [0.25, 0.3) is 0 Å². The van der Waals surface area contributed by atoms with E-state index in [0.717, 1.165) is 49.7 Å². The van der Waals surface area contributed by atoms with Crippen LogP contribution in [0.4, 0.5) is 5.69 Å². The Hall–Kier alpha value is -2.80. The zero-order chi connectivity index (χ0) is 21.2. The molecule has 0 bridgehead atoms. The first-order chi connectivity index (χ1) is 14.7. The van der Waals surface area contributed by atoms with E-state index in [1.165, 1.54) is 19.2 Å². The van der Waals surface area contributed by atoms with Crippen LogP contribution in [0.2, 0.25) is 0 Å². The standard InChI is InChI=1S/C23H33N5O2/c1-3-12-28-13-10-19(11-14-28)27-23(24-4-2)25-17-18-7-5-8-20(16-18)26-22(29)21-9-6-15-30-21/h5-9,15-16,19H,3-4,10-14,17H2,1-2H3,(H,26,29)(H2,24,25,27). The SMILES string of the molecule is CCCN1CCC(NC(=NCc2cccc(NC(=O)c3ccco3)c2)NCC)CC1. The van der Waals surface area contributed by atoms with Gasteiger partial charge in [0.05, 0.1) is 12.8 Å². The Bertz CT molecular complexity index is 811. The third kappa shape index (κ3) is 6.62. The smallest absolute Gasteiger partial charge is 0.291 e. The molecule has 1 fully saturated rings. The monoisotopic (exact) mass is 411 g/mol. The van der Waals surface area contributed by atoms with E-state index in [-0.39, 0.29) is 5.91 Å². The van der Waals surface area contributed by atoms with E-state index >= 15 is 0 Å². The highest BCUT2D eigenvalue weighted by molar-refractivity contribution is 6.02. The first kappa shape index (κ1) is 21.9. The van der Waals surface area contributed by atoms with Crippen molar-refractivity contribution in [2.75, 3.05) is 31.5 Å². The molecule has 2 heterocycles. The van der Waals surface area contributed by atoms with Gasteiger partial charge in [-0.3, -0.25) is 4.79 Å². The highest BCUT2D eigenvalue weighted by Crippen LogP contribution is 2.14. The van der Waals surface area contributed by atoms with Crippen LogP contribution >= 0.6 is 0 Å². The lowest BCUT2D eigenvalue weighted by Gasteiger charge is -2.32. The summed E-state index contributed by atoms with van der Waals surface area (Å²) in [7, 11) is 0. The van der Waals surface area contributed by atoms with Crippen molar-refractivity contribution in [3.63, 3.8) is 0 Å². The van der Waals surface area contributed by atoms with E-state index in [0.29, 0.717) is 18.3 Å². The van der Waals surface area contributed by atoms with E-state index < -0.39 is 0 Å². The maximum atomic E-state index is 12.2. The molecule has 30 heavy (non-hydrogen) atoms. The van der Waals surface area contributed by atoms with Crippen molar-refractivity contribution in [2.24, 2.45) is 4.99 Å². The summed E-state index contributed by atoms with van der Waals surface area (Å²) in [6.07, 6.45) is 4.98. The zero-order valence-electron chi connectivity index (χ0n) is 18.0. The normalized spacial score (nSPS) is 15.7. The first-order valence-corrected chi connectivity index (χ1v) is 10.9. The number of benzene rings is 1. The second kappa shape index (κ2) is 11.4. The number of nitrogens with one attached hydrogen (secondary N) is 3. The molecule has 162 valence electrons. The lowest BCUT2D eigenvalue weighted by molar-refractivity contribution is 0.0996. The number of rotatable bonds is 8. The zero-order valence-corrected chi connectivity index (χ0v) is 18.0. The van der Waals surface area contributed by atoms with Crippen LogP contribution in [-0.4, -0.2) is 49.0 Å². The van der Waals surface area contributed by atoms with E-state index in [4.69, 9.17) is 9.41 Å². The van der Waals surface area contributed by atoms with E-state index in [9.17, 15) is 4.79 Å². The summed E-state index contributed by atoms with van der Waals surface area (Å²) in [4.78, 5) is 19.5. The Kier molecular flexibility index (Phi) is 8.32. The number of carbonyl (C=O) groups is 1. The Morgan fingerprint density at radius 3 is 2.73 bits per heavy atom. The number of anilines is 1. The molecule has 1 aliphatic heterocycles. The summed E-state index contributed by atoms with van der Waals surface area (Å²) in [6.45, 7) is 9.14. The second-order valence-electron chi connectivity index (χ2n) is 7.59. The lowest BCUT2D eigenvalue weighted by Crippen LogP contribution is -2.48. The molecule has 0 radical (unpaired) electrons. The fraction of sp³-hybridized carbons (Fsp3) is 0.478. The van der Waals surface area contributed by atoms with Crippen LogP contribution in [0.3, 0.4) is 0 Å². The molecule has 0 unspecified atom stereocenters. The van der Waals surface area contributed by atoms with Gasteiger partial charge in [-0.05, 0) is 62.6 Å². The molecule has 1 saturated heterocycles. The lowest BCUT2D eigenvalue weighted by atomic mass is 10.1. The van der Waals surface area contributed by atoms with Crippen LogP contribution in [0.15, 0.2) is 52.1 Å². The quantitative estimate of drug-likeness (QED) is 0.458. The van der Waals surface area contributed by atoms with Gasteiger partial charge in [-0.25, -0.2) is 4.99 Å². The van der Waals surface area contributed by atoms with Crippen LogP contribution in [0, 0.1) is 0 Å². The van der Waals surface area contributed by atoms with Crippen LogP contribution < -0.4 is 16.0 Å². The minimum absolute atomic E-state index is 0.259. The number of likely N-dealkylation sites (tertiary alicyclic amines) is 1. The fourth-order valence-electron chi connectivity index (χ4n) is 3.65. The molecule has 1 amide bonds. The topological polar surface area (TPSA) is 81.9 Å². The number of piperidine rings is 1. The Labute approximate surface area is 178 Å². The van der Waals surface area contributed by atoms with E-state index in [1.54, 1.807) is 12.1 Å². The minimum Gasteiger partial charge on any atom is -0.459 e. The largest absolute Gasteiger partial charge is 0.459 e. The molecular formula is C23H33N5O2. The first-order valence-electron chi connectivity index (χ1n) is 10.9. The highest BCUT2D eigenvalue weighted by Gasteiger charge is 2.19. The summed E-state index contributed by atoms with van der Waals surface area (Å²) in [5.41, 5.74) is 1.76. The summed E-state index contributed by atoms with van der Waals surface area (Å²) >= 11 is 0. The summed E-state index contributed by atoms with van der Waals surface area (Å²) in [5.74, 6) is 0.878. The van der Waals surface area contributed by atoms with Crippen LogP contribution in [0.1, 0.15) is 49.2 Å². The highest BCUT2D eigenvalue weighted by atomic mass is 16.3. The maximum Gasteiger partial charge on any atom is 0.291 e. The molecule has 7 nitrogen and oxygen atoms in total. The van der Waals surface area contributed by atoms with Crippen LogP contribution in [0.5, 0.6) is 0 Å². The average molecular weight is 412 g/mol. The van der Waals surface area contributed by atoms with E-state index in [1.807, 2.05) is 24.3 Å². The number of hydrogen-bond donors (Lipinski definition) is 3. The number of hydrogen-bond acceptors (Lipinski definition) is 4. The fourth-order valence-corrected chi connectivity index (χ4v) is 3.65. The molecule has 0 saturated carbocycles. The third-order valence-corrected chi connectivity index (χ3v) is 5.16. The van der Waals surface area contributed by atoms with Gasteiger partial charge in [0.2, 0.25) is 0 Å². The van der Waals surface area contributed by atoms with Crippen LogP contribution in [-0.2, 0) is 6.54 Å². The third-order valence-electron chi connectivity index (χ3n) is 5.16. The number of amides is 1. The number of nitrogens with zero attached hydrogens (tertiary/aromatic N) is 2. The second-order valence-corrected chi connectivity index (χ2v) is 7.59. The molecule has 2 aromatic rings. The minimum atomic E-state index is -0.259. The van der Waals surface area contributed by atoms with E-state index in [2.05, 4.69) is 34.7 Å². The molecule has 3 N–H and O–H groups in total. The van der Waals surface area contributed by atoms with Gasteiger partial charge in [-0.15, -0.1) is 0 Å². The Morgan fingerprint density at radius 2 is 2.03 bits per heavy atom. The van der Waals surface area contributed by atoms with Gasteiger partial charge < -0.3 is 25.3 Å². The van der Waals surface area contributed by atoms with Crippen molar-refractivity contribution in [3.05, 3.63) is 54.0 Å². The molecule has 3 rings (SSSR count). The predicted molar refractivity (Wildman–Crippen MR) is 121 cm³/mol. The molecule has 1 aliphatic rings. The Balaban J connectivity index is 1.56. The van der Waals surface area contributed by atoms with Crippen molar-refractivity contribution >= 4 is 17.6 Å². The number of carbonyl (C=O) groups excluding carboxylic acids is 1. The molecule has 1 aromatic carbocycles. The summed E-state index contributed by atoms with van der Waals surface area (Å²) < 4.78 is 5.14. The average Bonchev–Trinajstić information content (AvgIpc) is 3.29. The van der Waals surface area contributed by atoms with Gasteiger partial charge in [0.1, 0.15) is 0 Å². The van der Waals surface area contributed by atoms with Crippen molar-refractivity contribution in [3.8, 4) is 0 Å². The molecule has 0 atom stereocenters. The van der Waals surface area contributed by atoms with Gasteiger partial charge >= 0.3 is 0 Å².